The molecule has 1 aromatic carbocycles. The number of carbonyl (C=O) groups excluding carboxylic acids is 1. The van der Waals surface area contributed by atoms with Crippen molar-refractivity contribution < 1.29 is 9.53 Å². The molecule has 0 saturated heterocycles. The molecule has 19 heavy (non-hydrogen) atoms. The molecule has 0 fully saturated rings. The molecule has 0 radical (unpaired) electrons. The fraction of sp³-hybridized carbons (Fsp3) is 0.231. The Bertz CT molecular complexity index is 618. The van der Waals surface area contributed by atoms with E-state index in [1.165, 1.54) is 0 Å². The number of methoxy groups -OCH3 is 1. The molecule has 1 unspecified atom stereocenters. The van der Waals surface area contributed by atoms with Gasteiger partial charge in [0, 0.05) is 17.9 Å². The normalized spacial score (nSPS) is 17.7. The van der Waals surface area contributed by atoms with Gasteiger partial charge in [-0.3, -0.25) is 9.89 Å². The number of H-pyrrole nitrogens is 1. The first kappa shape index (κ1) is 11.6. The number of benzene rings is 1. The van der Waals surface area contributed by atoms with Crippen LogP contribution in [0.1, 0.15) is 23.5 Å². The van der Waals surface area contributed by atoms with E-state index in [4.69, 9.17) is 10.5 Å². The maximum Gasteiger partial charge on any atom is 0.226 e. The summed E-state index contributed by atoms with van der Waals surface area (Å²) in [6.45, 7) is 0. The van der Waals surface area contributed by atoms with E-state index in [0.29, 0.717) is 18.1 Å². The Morgan fingerprint density at radius 3 is 2.79 bits per heavy atom. The molecule has 2 aromatic rings. The van der Waals surface area contributed by atoms with Gasteiger partial charge in [-0.05, 0) is 17.7 Å². The monoisotopic (exact) mass is 258 g/mol. The van der Waals surface area contributed by atoms with Crippen molar-refractivity contribution in [1.29, 1.82) is 0 Å². The minimum atomic E-state index is -0.0755. The molecule has 98 valence electrons. The third-order valence-corrected chi connectivity index (χ3v) is 3.35. The van der Waals surface area contributed by atoms with Crippen LogP contribution in [0.5, 0.6) is 5.75 Å². The molecule has 4 N–H and O–H groups in total. The number of anilines is 2. The lowest BCUT2D eigenvalue weighted by atomic mass is 9.87. The van der Waals surface area contributed by atoms with Crippen molar-refractivity contribution in [1.82, 2.24) is 10.2 Å². The van der Waals surface area contributed by atoms with Crippen LogP contribution in [0.15, 0.2) is 24.3 Å². The highest BCUT2D eigenvalue weighted by Crippen LogP contribution is 2.39. The summed E-state index contributed by atoms with van der Waals surface area (Å²) in [4.78, 5) is 11.7. The molecule has 1 aliphatic heterocycles. The van der Waals surface area contributed by atoms with Crippen LogP contribution in [0.25, 0.3) is 0 Å². The van der Waals surface area contributed by atoms with Crippen molar-refractivity contribution in [3.8, 4) is 5.75 Å². The van der Waals surface area contributed by atoms with Crippen LogP contribution in [-0.4, -0.2) is 23.2 Å². The first-order valence-corrected chi connectivity index (χ1v) is 5.96. The fourth-order valence-corrected chi connectivity index (χ4v) is 2.40. The number of aromatic nitrogens is 2. The topological polar surface area (TPSA) is 93.0 Å². The van der Waals surface area contributed by atoms with E-state index in [0.717, 1.165) is 16.9 Å². The molecule has 2 heterocycles. The second kappa shape index (κ2) is 4.31. The zero-order valence-electron chi connectivity index (χ0n) is 10.4. The molecule has 0 spiro atoms. The Kier molecular flexibility index (Phi) is 2.63. The van der Waals surface area contributed by atoms with Crippen molar-refractivity contribution >= 4 is 17.5 Å². The number of carbonyl (C=O) groups is 1. The molecule has 0 aliphatic carbocycles. The van der Waals surface area contributed by atoms with Crippen LogP contribution in [0.3, 0.4) is 0 Å². The number of aromatic amines is 1. The molecule has 6 nitrogen and oxygen atoms in total. The molecule has 1 amide bonds. The zero-order valence-corrected chi connectivity index (χ0v) is 10.4. The highest BCUT2D eigenvalue weighted by atomic mass is 16.5. The van der Waals surface area contributed by atoms with Gasteiger partial charge in [-0.1, -0.05) is 12.1 Å². The second-order valence-electron chi connectivity index (χ2n) is 4.48. The SMILES string of the molecule is COc1ccc(C2CC(=O)Nc3n[nH]c(N)c32)cc1. The lowest BCUT2D eigenvalue weighted by molar-refractivity contribution is -0.116. The first-order chi connectivity index (χ1) is 9.19. The van der Waals surface area contributed by atoms with E-state index in [2.05, 4.69) is 15.5 Å². The summed E-state index contributed by atoms with van der Waals surface area (Å²) in [5.41, 5.74) is 7.77. The zero-order chi connectivity index (χ0) is 13.4. The summed E-state index contributed by atoms with van der Waals surface area (Å²) in [5.74, 6) is 1.67. The van der Waals surface area contributed by atoms with Crippen LogP contribution in [0.4, 0.5) is 11.6 Å². The molecule has 1 atom stereocenters. The van der Waals surface area contributed by atoms with Gasteiger partial charge in [0.15, 0.2) is 5.82 Å². The summed E-state index contributed by atoms with van der Waals surface area (Å²) >= 11 is 0. The number of nitrogens with two attached hydrogens (primary N) is 1. The van der Waals surface area contributed by atoms with Crippen molar-refractivity contribution in [2.75, 3.05) is 18.2 Å². The summed E-state index contributed by atoms with van der Waals surface area (Å²) in [6.07, 6.45) is 0.364. The molecular weight excluding hydrogens is 244 g/mol. The van der Waals surface area contributed by atoms with E-state index in [1.807, 2.05) is 24.3 Å². The van der Waals surface area contributed by atoms with Crippen LogP contribution < -0.4 is 15.8 Å². The van der Waals surface area contributed by atoms with Gasteiger partial charge < -0.3 is 15.8 Å². The van der Waals surface area contributed by atoms with E-state index in [9.17, 15) is 4.79 Å². The number of nitrogens with zero attached hydrogens (tertiary/aromatic N) is 1. The highest BCUT2D eigenvalue weighted by molar-refractivity contribution is 5.95. The molecule has 1 aliphatic rings. The summed E-state index contributed by atoms with van der Waals surface area (Å²) < 4.78 is 5.13. The second-order valence-corrected chi connectivity index (χ2v) is 4.48. The largest absolute Gasteiger partial charge is 0.497 e. The van der Waals surface area contributed by atoms with Crippen LogP contribution in [-0.2, 0) is 4.79 Å². The Balaban J connectivity index is 2.04. The fourth-order valence-electron chi connectivity index (χ4n) is 2.40. The molecule has 3 rings (SSSR count). The standard InChI is InChI=1S/C13H14N4O2/c1-19-8-4-2-7(3-5-8)9-6-10(18)15-13-11(9)12(14)16-17-13/h2-5,9H,6H2,1H3,(H4,14,15,16,17,18). The summed E-state index contributed by atoms with van der Waals surface area (Å²) in [7, 11) is 1.62. The van der Waals surface area contributed by atoms with Gasteiger partial charge in [0.2, 0.25) is 5.91 Å². The van der Waals surface area contributed by atoms with Gasteiger partial charge in [-0.2, -0.15) is 5.10 Å². The van der Waals surface area contributed by atoms with Crippen molar-refractivity contribution in [3.05, 3.63) is 35.4 Å². The molecule has 0 bridgehead atoms. The van der Waals surface area contributed by atoms with E-state index in [1.54, 1.807) is 7.11 Å². The minimum absolute atomic E-state index is 0.0557. The van der Waals surface area contributed by atoms with Gasteiger partial charge in [0.1, 0.15) is 11.6 Å². The lowest BCUT2D eigenvalue weighted by Gasteiger charge is -2.22. The Labute approximate surface area is 110 Å². The number of hydrogen-bond donors (Lipinski definition) is 3. The smallest absolute Gasteiger partial charge is 0.226 e. The maximum absolute atomic E-state index is 11.7. The average Bonchev–Trinajstić information content (AvgIpc) is 2.79. The molecular formula is C13H14N4O2. The minimum Gasteiger partial charge on any atom is -0.497 e. The number of nitrogen functional groups attached to an aromatic ring is 1. The van der Waals surface area contributed by atoms with Gasteiger partial charge in [0.25, 0.3) is 0 Å². The number of fused-ring (bicyclic) bond motifs is 1. The predicted molar refractivity (Wildman–Crippen MR) is 71.1 cm³/mol. The number of amides is 1. The highest BCUT2D eigenvalue weighted by Gasteiger charge is 2.30. The van der Waals surface area contributed by atoms with Crippen molar-refractivity contribution in [2.45, 2.75) is 12.3 Å². The van der Waals surface area contributed by atoms with E-state index < -0.39 is 0 Å². The van der Waals surface area contributed by atoms with Crippen LogP contribution in [0.2, 0.25) is 0 Å². The number of hydrogen-bond acceptors (Lipinski definition) is 4. The van der Waals surface area contributed by atoms with Gasteiger partial charge >= 0.3 is 0 Å². The number of nitrogens with one attached hydrogen (secondary N) is 2. The summed E-state index contributed by atoms with van der Waals surface area (Å²) in [5, 5.41) is 9.44. The van der Waals surface area contributed by atoms with Crippen LogP contribution in [0, 0.1) is 0 Å². The average molecular weight is 258 g/mol. The first-order valence-electron chi connectivity index (χ1n) is 5.96. The number of ether oxygens (including phenoxy) is 1. The molecule has 0 saturated carbocycles. The third kappa shape index (κ3) is 1.91. The molecule has 6 heteroatoms. The maximum atomic E-state index is 11.7. The Morgan fingerprint density at radius 1 is 1.37 bits per heavy atom. The van der Waals surface area contributed by atoms with Gasteiger partial charge in [0.05, 0.1) is 7.11 Å². The quantitative estimate of drug-likeness (QED) is 0.760. The van der Waals surface area contributed by atoms with E-state index in [-0.39, 0.29) is 11.8 Å². The third-order valence-electron chi connectivity index (χ3n) is 3.35. The summed E-state index contributed by atoms with van der Waals surface area (Å²) in [6, 6.07) is 7.63. The van der Waals surface area contributed by atoms with E-state index >= 15 is 0 Å². The van der Waals surface area contributed by atoms with Gasteiger partial charge in [-0.15, -0.1) is 0 Å². The Morgan fingerprint density at radius 2 is 2.11 bits per heavy atom. The van der Waals surface area contributed by atoms with Gasteiger partial charge in [-0.25, -0.2) is 0 Å². The predicted octanol–water partition coefficient (Wildman–Crippen LogP) is 1.47. The Hall–Kier alpha value is -2.50. The number of rotatable bonds is 2. The van der Waals surface area contributed by atoms with Crippen LogP contribution >= 0.6 is 0 Å². The molecule has 1 aromatic heterocycles. The van der Waals surface area contributed by atoms with Crippen molar-refractivity contribution in [3.63, 3.8) is 0 Å². The lowest BCUT2D eigenvalue weighted by Crippen LogP contribution is -2.23. The van der Waals surface area contributed by atoms with Crippen molar-refractivity contribution in [2.24, 2.45) is 0 Å².